The summed E-state index contributed by atoms with van der Waals surface area (Å²) in [4.78, 5) is 0. The van der Waals surface area contributed by atoms with E-state index in [1.54, 1.807) is 6.07 Å². The van der Waals surface area contributed by atoms with E-state index in [-0.39, 0.29) is 5.46 Å². The van der Waals surface area contributed by atoms with E-state index in [9.17, 15) is 0 Å². The molecule has 1 aromatic carbocycles. The van der Waals surface area contributed by atoms with Gasteiger partial charge in [-0.05, 0) is 23.5 Å². The molecule has 0 spiro atoms. The van der Waals surface area contributed by atoms with Gasteiger partial charge >= 0.3 is 7.12 Å². The highest BCUT2D eigenvalue weighted by molar-refractivity contribution is 6.58. The number of benzene rings is 1. The van der Waals surface area contributed by atoms with E-state index < -0.39 is 7.12 Å². The number of nitrogens with zero attached hydrogens (tertiary/aromatic N) is 1. The van der Waals surface area contributed by atoms with Crippen molar-refractivity contribution >= 4 is 12.6 Å². The maximum Gasteiger partial charge on any atom is 0.488 e. The molecule has 0 heterocycles. The summed E-state index contributed by atoms with van der Waals surface area (Å²) in [7, 11) is -1.56. The highest BCUT2D eigenvalue weighted by atomic mass is 16.5. The fourth-order valence-electron chi connectivity index (χ4n) is 1.27. The molecule has 90 valence electrons. The van der Waals surface area contributed by atoms with Crippen LogP contribution >= 0.6 is 0 Å². The standard InChI is InChI=1S/C12H16BNO3/c1-3-9(2)8-17-12-5-4-11(13(15)16)6-10(12)7-14/h4-6,9,15-16H,3,8H2,1-2H3. The molecule has 0 bridgehead atoms. The van der Waals surface area contributed by atoms with E-state index in [0.29, 0.717) is 23.8 Å². The van der Waals surface area contributed by atoms with Crippen molar-refractivity contribution in [3.8, 4) is 11.8 Å². The largest absolute Gasteiger partial charge is 0.492 e. The van der Waals surface area contributed by atoms with E-state index in [1.807, 2.05) is 6.07 Å². The fraction of sp³-hybridized carbons (Fsp3) is 0.417. The van der Waals surface area contributed by atoms with Crippen molar-refractivity contribution in [2.45, 2.75) is 20.3 Å². The lowest BCUT2D eigenvalue weighted by atomic mass is 9.79. The van der Waals surface area contributed by atoms with Crippen LogP contribution < -0.4 is 10.2 Å². The van der Waals surface area contributed by atoms with Gasteiger partial charge in [-0.15, -0.1) is 0 Å². The first-order valence-electron chi connectivity index (χ1n) is 5.61. The molecule has 0 aliphatic carbocycles. The summed E-state index contributed by atoms with van der Waals surface area (Å²) in [5.74, 6) is 0.904. The molecule has 2 N–H and O–H groups in total. The monoisotopic (exact) mass is 233 g/mol. The molecule has 0 aliphatic heterocycles. The maximum atomic E-state index is 9.00. The van der Waals surface area contributed by atoms with E-state index in [4.69, 9.17) is 20.0 Å². The zero-order valence-corrected chi connectivity index (χ0v) is 10.1. The Kier molecular flexibility index (Phi) is 5.01. The highest BCUT2D eigenvalue weighted by Gasteiger charge is 2.14. The van der Waals surface area contributed by atoms with Crippen LogP contribution in [0.4, 0.5) is 0 Å². The SMILES string of the molecule is CCC(C)COc1ccc(B(O)O)cc1C#N. The van der Waals surface area contributed by atoms with E-state index in [1.165, 1.54) is 12.1 Å². The van der Waals surface area contributed by atoms with Crippen LogP contribution in [0.3, 0.4) is 0 Å². The lowest BCUT2D eigenvalue weighted by Crippen LogP contribution is -2.29. The topological polar surface area (TPSA) is 73.5 Å². The molecule has 0 saturated carbocycles. The number of nitriles is 1. The number of hydrogen-bond acceptors (Lipinski definition) is 4. The summed E-state index contributed by atoms with van der Waals surface area (Å²) in [5, 5.41) is 26.9. The van der Waals surface area contributed by atoms with Gasteiger partial charge in [-0.25, -0.2) is 0 Å². The zero-order valence-electron chi connectivity index (χ0n) is 10.1. The molecule has 5 heteroatoms. The predicted molar refractivity (Wildman–Crippen MR) is 65.9 cm³/mol. The van der Waals surface area contributed by atoms with Crippen LogP contribution in [0, 0.1) is 17.2 Å². The van der Waals surface area contributed by atoms with Crippen molar-refractivity contribution in [1.82, 2.24) is 0 Å². The van der Waals surface area contributed by atoms with Gasteiger partial charge in [0.1, 0.15) is 11.8 Å². The molecule has 0 amide bonds. The first-order chi connectivity index (χ1) is 8.08. The van der Waals surface area contributed by atoms with Gasteiger partial charge in [-0.3, -0.25) is 0 Å². The van der Waals surface area contributed by atoms with Gasteiger partial charge in [0.15, 0.2) is 0 Å². The number of ether oxygens (including phenoxy) is 1. The molecule has 1 atom stereocenters. The highest BCUT2D eigenvalue weighted by Crippen LogP contribution is 2.17. The normalized spacial score (nSPS) is 11.7. The van der Waals surface area contributed by atoms with Crippen LogP contribution in [0.2, 0.25) is 0 Å². The van der Waals surface area contributed by atoms with Crippen LogP contribution in [0.5, 0.6) is 5.75 Å². The Morgan fingerprint density at radius 1 is 1.47 bits per heavy atom. The van der Waals surface area contributed by atoms with E-state index in [2.05, 4.69) is 13.8 Å². The quantitative estimate of drug-likeness (QED) is 0.733. The second kappa shape index (κ2) is 6.28. The molecule has 1 rings (SSSR count). The van der Waals surface area contributed by atoms with Crippen molar-refractivity contribution in [3.05, 3.63) is 23.8 Å². The molecular formula is C12H16BNO3. The Morgan fingerprint density at radius 3 is 2.71 bits per heavy atom. The molecule has 17 heavy (non-hydrogen) atoms. The van der Waals surface area contributed by atoms with Gasteiger partial charge in [0, 0.05) is 0 Å². The van der Waals surface area contributed by atoms with Gasteiger partial charge < -0.3 is 14.8 Å². The minimum atomic E-state index is -1.56. The van der Waals surface area contributed by atoms with Crippen molar-refractivity contribution in [1.29, 1.82) is 5.26 Å². The zero-order chi connectivity index (χ0) is 12.8. The third kappa shape index (κ3) is 3.77. The van der Waals surface area contributed by atoms with Crippen molar-refractivity contribution in [2.75, 3.05) is 6.61 Å². The Bertz CT molecular complexity index is 415. The summed E-state index contributed by atoms with van der Waals surface area (Å²) in [6, 6.07) is 6.54. The van der Waals surface area contributed by atoms with E-state index in [0.717, 1.165) is 6.42 Å². The Balaban J connectivity index is 2.83. The maximum absolute atomic E-state index is 9.00. The van der Waals surface area contributed by atoms with Gasteiger partial charge in [0.25, 0.3) is 0 Å². The minimum Gasteiger partial charge on any atom is -0.492 e. The van der Waals surface area contributed by atoms with Crippen molar-refractivity contribution in [2.24, 2.45) is 5.92 Å². The summed E-state index contributed by atoms with van der Waals surface area (Å²) < 4.78 is 5.53. The molecule has 0 aliphatic rings. The molecule has 4 nitrogen and oxygen atoms in total. The second-order valence-corrected chi connectivity index (χ2v) is 4.07. The molecule has 0 aromatic heterocycles. The third-order valence-electron chi connectivity index (χ3n) is 2.64. The third-order valence-corrected chi connectivity index (χ3v) is 2.64. The lowest BCUT2D eigenvalue weighted by Gasteiger charge is -2.12. The summed E-state index contributed by atoms with van der Waals surface area (Å²) in [6.07, 6.45) is 1.01. The van der Waals surface area contributed by atoms with Crippen molar-refractivity contribution in [3.63, 3.8) is 0 Å². The Labute approximate surface area is 102 Å². The molecular weight excluding hydrogens is 217 g/mol. The fourth-order valence-corrected chi connectivity index (χ4v) is 1.27. The second-order valence-electron chi connectivity index (χ2n) is 4.07. The summed E-state index contributed by atoms with van der Waals surface area (Å²) in [5.41, 5.74) is 0.608. The minimum absolute atomic E-state index is 0.289. The van der Waals surface area contributed by atoms with Crippen molar-refractivity contribution < 1.29 is 14.8 Å². The first-order valence-corrected chi connectivity index (χ1v) is 5.61. The summed E-state index contributed by atoms with van der Waals surface area (Å²) in [6.45, 7) is 4.69. The molecule has 1 unspecified atom stereocenters. The van der Waals surface area contributed by atoms with Gasteiger partial charge in [0.05, 0.1) is 12.2 Å². The van der Waals surface area contributed by atoms with Gasteiger partial charge in [-0.1, -0.05) is 26.3 Å². The molecule has 0 saturated heterocycles. The first kappa shape index (κ1) is 13.6. The molecule has 0 fully saturated rings. The Hall–Kier alpha value is -1.51. The Morgan fingerprint density at radius 2 is 2.18 bits per heavy atom. The predicted octanol–water partition coefficient (Wildman–Crippen LogP) is 0.663. The number of hydrogen-bond donors (Lipinski definition) is 2. The number of rotatable bonds is 5. The van der Waals surface area contributed by atoms with Crippen LogP contribution in [-0.4, -0.2) is 23.8 Å². The van der Waals surface area contributed by atoms with E-state index >= 15 is 0 Å². The van der Waals surface area contributed by atoms with Crippen LogP contribution in [0.1, 0.15) is 25.8 Å². The van der Waals surface area contributed by atoms with Gasteiger partial charge in [-0.2, -0.15) is 5.26 Å². The van der Waals surface area contributed by atoms with Gasteiger partial charge in [0.2, 0.25) is 0 Å². The average Bonchev–Trinajstić information content (AvgIpc) is 2.35. The van der Waals surface area contributed by atoms with Crippen LogP contribution in [0.15, 0.2) is 18.2 Å². The molecule has 0 radical (unpaired) electrons. The molecule has 1 aromatic rings. The van der Waals surface area contributed by atoms with Crippen LogP contribution in [0.25, 0.3) is 0 Å². The average molecular weight is 233 g/mol. The lowest BCUT2D eigenvalue weighted by molar-refractivity contribution is 0.256. The summed E-state index contributed by atoms with van der Waals surface area (Å²) >= 11 is 0. The van der Waals surface area contributed by atoms with Crippen LogP contribution in [-0.2, 0) is 0 Å². The smallest absolute Gasteiger partial charge is 0.488 e.